The molecule has 1 saturated heterocycles. The Morgan fingerprint density at radius 3 is 2.73 bits per heavy atom. The van der Waals surface area contributed by atoms with E-state index in [4.69, 9.17) is 10.5 Å². The van der Waals surface area contributed by atoms with Gasteiger partial charge in [-0.25, -0.2) is 0 Å². The molecule has 1 unspecified atom stereocenters. The normalized spacial score (nSPS) is 37.9. The predicted octanol–water partition coefficient (Wildman–Crippen LogP) is 1.15. The van der Waals surface area contributed by atoms with Gasteiger partial charge in [-0.2, -0.15) is 0 Å². The van der Waals surface area contributed by atoms with E-state index in [9.17, 15) is 0 Å². The summed E-state index contributed by atoms with van der Waals surface area (Å²) in [5.74, 6) is 0.952. The first-order chi connectivity index (χ1) is 5.37. The topological polar surface area (TPSA) is 35.2 Å². The van der Waals surface area contributed by atoms with Crippen LogP contribution in [-0.4, -0.2) is 19.8 Å². The van der Waals surface area contributed by atoms with Gasteiger partial charge in [-0.1, -0.05) is 0 Å². The summed E-state index contributed by atoms with van der Waals surface area (Å²) < 4.78 is 5.46. The van der Waals surface area contributed by atoms with E-state index < -0.39 is 0 Å². The minimum Gasteiger partial charge on any atom is -0.381 e. The zero-order valence-corrected chi connectivity index (χ0v) is 7.01. The first-order valence-electron chi connectivity index (χ1n) is 4.65. The van der Waals surface area contributed by atoms with E-state index in [-0.39, 0.29) is 0 Å². The van der Waals surface area contributed by atoms with Crippen LogP contribution in [0.15, 0.2) is 0 Å². The summed E-state index contributed by atoms with van der Waals surface area (Å²) in [5.41, 5.74) is 6.11. The van der Waals surface area contributed by atoms with Crippen LogP contribution in [0, 0.1) is 11.3 Å². The fourth-order valence-corrected chi connectivity index (χ4v) is 2.33. The minimum atomic E-state index is 0.509. The lowest BCUT2D eigenvalue weighted by Gasteiger charge is -2.26. The molecule has 11 heavy (non-hydrogen) atoms. The molecule has 0 aromatic rings. The van der Waals surface area contributed by atoms with E-state index in [1.807, 2.05) is 0 Å². The van der Waals surface area contributed by atoms with Gasteiger partial charge in [0, 0.05) is 6.61 Å². The lowest BCUT2D eigenvalue weighted by molar-refractivity contribution is 0.132. The SMILES string of the molecule is NCCC1(C2CC2)CCOC1. The van der Waals surface area contributed by atoms with Gasteiger partial charge in [-0.3, -0.25) is 0 Å². The van der Waals surface area contributed by atoms with E-state index in [0.29, 0.717) is 5.41 Å². The lowest BCUT2D eigenvalue weighted by atomic mass is 9.79. The van der Waals surface area contributed by atoms with Gasteiger partial charge in [-0.15, -0.1) is 0 Å². The van der Waals surface area contributed by atoms with Crippen molar-refractivity contribution in [2.75, 3.05) is 19.8 Å². The molecule has 0 spiro atoms. The van der Waals surface area contributed by atoms with E-state index in [1.165, 1.54) is 25.7 Å². The van der Waals surface area contributed by atoms with Crippen LogP contribution < -0.4 is 5.73 Å². The quantitative estimate of drug-likeness (QED) is 0.663. The van der Waals surface area contributed by atoms with Crippen molar-refractivity contribution in [3.05, 3.63) is 0 Å². The fraction of sp³-hybridized carbons (Fsp3) is 1.00. The number of nitrogens with two attached hydrogens (primary N) is 1. The van der Waals surface area contributed by atoms with Gasteiger partial charge < -0.3 is 10.5 Å². The second-order valence-electron chi connectivity index (χ2n) is 3.98. The molecule has 0 aromatic heterocycles. The molecule has 1 saturated carbocycles. The van der Waals surface area contributed by atoms with E-state index in [0.717, 1.165) is 25.7 Å². The molecular weight excluding hydrogens is 138 g/mol. The van der Waals surface area contributed by atoms with Gasteiger partial charge in [0.15, 0.2) is 0 Å². The summed E-state index contributed by atoms with van der Waals surface area (Å²) in [6.07, 6.45) is 5.28. The van der Waals surface area contributed by atoms with Crippen LogP contribution in [0.3, 0.4) is 0 Å². The summed E-state index contributed by atoms with van der Waals surface area (Å²) in [6, 6.07) is 0. The number of ether oxygens (including phenoxy) is 1. The Hall–Kier alpha value is -0.0800. The smallest absolute Gasteiger partial charge is 0.0526 e. The second kappa shape index (κ2) is 2.76. The Bertz CT molecular complexity index is 136. The van der Waals surface area contributed by atoms with Crippen LogP contribution in [0.1, 0.15) is 25.7 Å². The predicted molar refractivity (Wildman–Crippen MR) is 44.3 cm³/mol. The molecule has 0 bridgehead atoms. The van der Waals surface area contributed by atoms with Crippen LogP contribution >= 0.6 is 0 Å². The molecular formula is C9H17NO. The zero-order chi connectivity index (χ0) is 7.73. The summed E-state index contributed by atoms with van der Waals surface area (Å²) in [4.78, 5) is 0. The standard InChI is InChI=1S/C9H17NO/c10-5-3-9(8-1-2-8)4-6-11-7-9/h8H,1-7,10H2. The summed E-state index contributed by atoms with van der Waals surface area (Å²) in [7, 11) is 0. The van der Waals surface area contributed by atoms with Crippen LogP contribution in [0.5, 0.6) is 0 Å². The van der Waals surface area contributed by atoms with Crippen LogP contribution in [0.25, 0.3) is 0 Å². The van der Waals surface area contributed by atoms with Crippen LogP contribution in [-0.2, 0) is 4.74 Å². The maximum absolute atomic E-state index is 5.60. The molecule has 2 fully saturated rings. The third kappa shape index (κ3) is 1.30. The molecule has 64 valence electrons. The highest BCUT2D eigenvalue weighted by atomic mass is 16.5. The largest absolute Gasteiger partial charge is 0.381 e. The van der Waals surface area contributed by atoms with Gasteiger partial charge in [-0.05, 0) is 43.6 Å². The molecule has 0 amide bonds. The maximum atomic E-state index is 5.60. The Labute approximate surface area is 68.1 Å². The average Bonchev–Trinajstić information content (AvgIpc) is 2.76. The molecule has 1 heterocycles. The molecule has 2 nitrogen and oxygen atoms in total. The molecule has 1 aliphatic carbocycles. The Morgan fingerprint density at radius 2 is 2.27 bits per heavy atom. The van der Waals surface area contributed by atoms with Crippen molar-refractivity contribution < 1.29 is 4.74 Å². The van der Waals surface area contributed by atoms with Gasteiger partial charge in [0.25, 0.3) is 0 Å². The van der Waals surface area contributed by atoms with Crippen molar-refractivity contribution in [1.82, 2.24) is 0 Å². The van der Waals surface area contributed by atoms with Crippen molar-refractivity contribution >= 4 is 0 Å². The van der Waals surface area contributed by atoms with Crippen molar-refractivity contribution in [3.63, 3.8) is 0 Å². The fourth-order valence-electron chi connectivity index (χ4n) is 2.33. The molecule has 1 aliphatic heterocycles. The van der Waals surface area contributed by atoms with Gasteiger partial charge in [0.2, 0.25) is 0 Å². The number of hydrogen-bond acceptors (Lipinski definition) is 2. The Kier molecular flexibility index (Phi) is 1.90. The number of hydrogen-bond donors (Lipinski definition) is 1. The molecule has 2 heteroatoms. The molecule has 0 radical (unpaired) electrons. The van der Waals surface area contributed by atoms with Crippen molar-refractivity contribution in [2.45, 2.75) is 25.7 Å². The van der Waals surface area contributed by atoms with Gasteiger partial charge in [0.05, 0.1) is 6.61 Å². The summed E-state index contributed by atoms with van der Waals surface area (Å²) >= 11 is 0. The second-order valence-corrected chi connectivity index (χ2v) is 3.98. The van der Waals surface area contributed by atoms with E-state index in [2.05, 4.69) is 0 Å². The molecule has 1 atom stereocenters. The first-order valence-corrected chi connectivity index (χ1v) is 4.65. The third-order valence-corrected chi connectivity index (χ3v) is 3.22. The van der Waals surface area contributed by atoms with E-state index >= 15 is 0 Å². The highest BCUT2D eigenvalue weighted by Gasteiger charge is 2.46. The number of rotatable bonds is 3. The summed E-state index contributed by atoms with van der Waals surface area (Å²) in [6.45, 7) is 2.78. The Morgan fingerprint density at radius 1 is 1.45 bits per heavy atom. The van der Waals surface area contributed by atoms with Crippen LogP contribution in [0.4, 0.5) is 0 Å². The summed E-state index contributed by atoms with van der Waals surface area (Å²) in [5, 5.41) is 0. The molecule has 0 aromatic carbocycles. The molecule has 2 aliphatic rings. The molecule has 2 N–H and O–H groups in total. The minimum absolute atomic E-state index is 0.509. The van der Waals surface area contributed by atoms with Gasteiger partial charge >= 0.3 is 0 Å². The highest BCUT2D eigenvalue weighted by Crippen LogP contribution is 2.51. The third-order valence-electron chi connectivity index (χ3n) is 3.22. The highest BCUT2D eigenvalue weighted by molar-refractivity contribution is 4.96. The monoisotopic (exact) mass is 155 g/mol. The van der Waals surface area contributed by atoms with E-state index in [1.54, 1.807) is 0 Å². The van der Waals surface area contributed by atoms with Crippen molar-refractivity contribution in [2.24, 2.45) is 17.1 Å². The maximum Gasteiger partial charge on any atom is 0.0526 e. The van der Waals surface area contributed by atoms with Crippen LogP contribution in [0.2, 0.25) is 0 Å². The van der Waals surface area contributed by atoms with Gasteiger partial charge in [0.1, 0.15) is 0 Å². The van der Waals surface area contributed by atoms with Crippen molar-refractivity contribution in [3.8, 4) is 0 Å². The molecule has 2 rings (SSSR count). The Balaban J connectivity index is 1.99. The first kappa shape index (κ1) is 7.56. The zero-order valence-electron chi connectivity index (χ0n) is 7.01. The van der Waals surface area contributed by atoms with Crippen molar-refractivity contribution in [1.29, 1.82) is 0 Å². The average molecular weight is 155 g/mol. The lowest BCUT2D eigenvalue weighted by Crippen LogP contribution is -2.27.